The minimum Gasteiger partial charge on any atom is -0.490 e. The zero-order valence-corrected chi connectivity index (χ0v) is 21.8. The van der Waals surface area contributed by atoms with Crippen LogP contribution in [0.25, 0.3) is 0 Å². The van der Waals surface area contributed by atoms with Crippen molar-refractivity contribution in [2.75, 3.05) is 19.8 Å². The third-order valence-corrected chi connectivity index (χ3v) is 6.35. The monoisotopic (exact) mass is 463 g/mol. The van der Waals surface area contributed by atoms with Gasteiger partial charge in [0.2, 0.25) is 0 Å². The van der Waals surface area contributed by atoms with E-state index in [9.17, 15) is 5.11 Å². The molecule has 4 heteroatoms. The molecule has 0 aromatic heterocycles. The van der Waals surface area contributed by atoms with E-state index in [1.54, 1.807) is 0 Å². The number of rotatable bonds is 23. The number of ether oxygens (including phenoxy) is 2. The van der Waals surface area contributed by atoms with Crippen molar-refractivity contribution in [2.24, 2.45) is 5.73 Å². The molecule has 1 rings (SSSR count). The molecule has 33 heavy (non-hydrogen) atoms. The van der Waals surface area contributed by atoms with Gasteiger partial charge in [0.15, 0.2) is 11.5 Å². The number of unbranched alkanes of at least 4 members (excludes halogenated alkanes) is 14. The largest absolute Gasteiger partial charge is 0.490 e. The van der Waals surface area contributed by atoms with Gasteiger partial charge in [-0.1, -0.05) is 110 Å². The fourth-order valence-corrected chi connectivity index (χ4v) is 4.13. The summed E-state index contributed by atoms with van der Waals surface area (Å²) in [7, 11) is 0. The third kappa shape index (κ3) is 15.3. The Morgan fingerprint density at radius 2 is 1.12 bits per heavy atom. The fourth-order valence-electron chi connectivity index (χ4n) is 4.13. The molecule has 0 spiro atoms. The van der Waals surface area contributed by atoms with Crippen LogP contribution in [0.5, 0.6) is 11.5 Å². The molecule has 1 aromatic rings. The highest BCUT2D eigenvalue weighted by molar-refractivity contribution is 5.44. The molecular weight excluding hydrogens is 410 g/mol. The summed E-state index contributed by atoms with van der Waals surface area (Å²) in [5.41, 5.74) is 7.21. The fraction of sp³-hybridized carbons (Fsp3) is 0.793. The van der Waals surface area contributed by atoms with Gasteiger partial charge in [-0.3, -0.25) is 0 Å². The number of aliphatic hydroxyl groups excluding tert-OH is 1. The zero-order chi connectivity index (χ0) is 24.0. The first-order chi connectivity index (χ1) is 16.2. The van der Waals surface area contributed by atoms with Gasteiger partial charge in [-0.05, 0) is 37.0 Å². The zero-order valence-electron chi connectivity index (χ0n) is 21.8. The number of nitrogens with two attached hydrogens (primary N) is 1. The van der Waals surface area contributed by atoms with E-state index in [-0.39, 0.29) is 12.6 Å². The van der Waals surface area contributed by atoms with Gasteiger partial charge in [-0.25, -0.2) is 0 Å². The lowest BCUT2D eigenvalue weighted by Crippen LogP contribution is -2.12. The highest BCUT2D eigenvalue weighted by Gasteiger charge is 2.12. The molecule has 192 valence electrons. The topological polar surface area (TPSA) is 64.7 Å². The Hall–Kier alpha value is -1.26. The Labute approximate surface area is 204 Å². The maximum absolute atomic E-state index is 9.23. The molecule has 0 saturated carbocycles. The molecule has 0 saturated heterocycles. The lowest BCUT2D eigenvalue weighted by Gasteiger charge is -2.17. The van der Waals surface area contributed by atoms with Crippen molar-refractivity contribution < 1.29 is 14.6 Å². The predicted molar refractivity (Wildman–Crippen MR) is 141 cm³/mol. The quantitative estimate of drug-likeness (QED) is 0.161. The average Bonchev–Trinajstić information content (AvgIpc) is 2.82. The Kier molecular flexibility index (Phi) is 19.2. The van der Waals surface area contributed by atoms with E-state index in [4.69, 9.17) is 15.2 Å². The summed E-state index contributed by atoms with van der Waals surface area (Å²) in [4.78, 5) is 0. The molecule has 1 unspecified atom stereocenters. The van der Waals surface area contributed by atoms with Crippen LogP contribution >= 0.6 is 0 Å². The van der Waals surface area contributed by atoms with Gasteiger partial charge in [0.1, 0.15) is 0 Å². The van der Waals surface area contributed by atoms with E-state index >= 15 is 0 Å². The summed E-state index contributed by atoms with van der Waals surface area (Å²) in [5.74, 6) is 1.61. The van der Waals surface area contributed by atoms with Gasteiger partial charge in [-0.2, -0.15) is 0 Å². The van der Waals surface area contributed by atoms with Crippen LogP contribution in [-0.4, -0.2) is 24.9 Å². The third-order valence-electron chi connectivity index (χ3n) is 6.35. The van der Waals surface area contributed by atoms with E-state index in [1.165, 1.54) is 89.9 Å². The molecule has 0 aliphatic heterocycles. The molecule has 4 nitrogen and oxygen atoms in total. The van der Waals surface area contributed by atoms with E-state index < -0.39 is 0 Å². The van der Waals surface area contributed by atoms with Crippen molar-refractivity contribution in [3.05, 3.63) is 23.8 Å². The molecule has 0 bridgehead atoms. The van der Waals surface area contributed by atoms with Gasteiger partial charge in [-0.15, -0.1) is 0 Å². The van der Waals surface area contributed by atoms with Crippen LogP contribution in [0.15, 0.2) is 18.2 Å². The highest BCUT2D eigenvalue weighted by atomic mass is 16.5. The van der Waals surface area contributed by atoms with Gasteiger partial charge >= 0.3 is 0 Å². The second-order valence-corrected chi connectivity index (χ2v) is 9.47. The van der Waals surface area contributed by atoms with Crippen LogP contribution in [0.1, 0.15) is 135 Å². The molecule has 0 fully saturated rings. The van der Waals surface area contributed by atoms with Crippen molar-refractivity contribution in [3.8, 4) is 11.5 Å². The molecule has 0 heterocycles. The first-order valence-corrected chi connectivity index (χ1v) is 14.0. The number of hydrogen-bond donors (Lipinski definition) is 2. The highest BCUT2D eigenvalue weighted by Crippen LogP contribution is 2.31. The van der Waals surface area contributed by atoms with Gasteiger partial charge in [0.25, 0.3) is 0 Å². The van der Waals surface area contributed by atoms with E-state index in [2.05, 4.69) is 13.8 Å². The summed E-state index contributed by atoms with van der Waals surface area (Å²) in [5, 5.41) is 9.23. The van der Waals surface area contributed by atoms with E-state index in [0.29, 0.717) is 13.0 Å². The van der Waals surface area contributed by atoms with Crippen molar-refractivity contribution in [1.82, 2.24) is 0 Å². The standard InChI is InChI=1S/C29H53NO3/c1-3-5-7-9-11-13-15-17-23-32-28-20-19-26(27(30)21-22-31)25-29(28)33-24-18-16-14-12-10-8-6-4-2/h19-20,25,27,31H,3-18,21-24,30H2,1-2H3. The first kappa shape index (κ1) is 29.8. The maximum atomic E-state index is 9.23. The second kappa shape index (κ2) is 21.3. The Morgan fingerprint density at radius 1 is 0.667 bits per heavy atom. The Morgan fingerprint density at radius 3 is 1.61 bits per heavy atom. The summed E-state index contributed by atoms with van der Waals surface area (Å²) in [6, 6.07) is 5.82. The molecule has 0 radical (unpaired) electrons. The van der Waals surface area contributed by atoms with Crippen LogP contribution < -0.4 is 15.2 Å². The predicted octanol–water partition coefficient (Wildman–Crippen LogP) is 8.11. The summed E-state index contributed by atoms with van der Waals surface area (Å²) in [6.07, 6.45) is 21.2. The van der Waals surface area contributed by atoms with Gasteiger partial charge in [0, 0.05) is 12.6 Å². The second-order valence-electron chi connectivity index (χ2n) is 9.47. The molecule has 0 amide bonds. The van der Waals surface area contributed by atoms with Crippen molar-refractivity contribution in [2.45, 2.75) is 129 Å². The van der Waals surface area contributed by atoms with Crippen LogP contribution in [0.2, 0.25) is 0 Å². The van der Waals surface area contributed by atoms with Crippen LogP contribution in [0.3, 0.4) is 0 Å². The lowest BCUT2D eigenvalue weighted by atomic mass is 10.0. The van der Waals surface area contributed by atoms with Gasteiger partial charge < -0.3 is 20.3 Å². The maximum Gasteiger partial charge on any atom is 0.161 e. The van der Waals surface area contributed by atoms with E-state index in [1.807, 2.05) is 18.2 Å². The average molecular weight is 464 g/mol. The van der Waals surface area contributed by atoms with Crippen LogP contribution in [0, 0.1) is 0 Å². The van der Waals surface area contributed by atoms with Crippen molar-refractivity contribution in [1.29, 1.82) is 0 Å². The number of aliphatic hydroxyl groups is 1. The molecule has 3 N–H and O–H groups in total. The molecular formula is C29H53NO3. The van der Waals surface area contributed by atoms with E-state index in [0.717, 1.165) is 36.5 Å². The van der Waals surface area contributed by atoms with Crippen LogP contribution in [0.4, 0.5) is 0 Å². The number of benzene rings is 1. The Bertz CT molecular complexity index is 564. The molecule has 0 aliphatic rings. The summed E-state index contributed by atoms with van der Waals surface area (Å²) < 4.78 is 12.2. The minimum atomic E-state index is -0.178. The lowest BCUT2D eigenvalue weighted by molar-refractivity contribution is 0.257. The number of hydrogen-bond acceptors (Lipinski definition) is 4. The minimum absolute atomic E-state index is 0.0896. The molecule has 1 atom stereocenters. The van der Waals surface area contributed by atoms with Crippen LogP contribution in [-0.2, 0) is 0 Å². The first-order valence-electron chi connectivity index (χ1n) is 14.0. The van der Waals surface area contributed by atoms with Gasteiger partial charge in [0.05, 0.1) is 13.2 Å². The van der Waals surface area contributed by atoms with Crippen molar-refractivity contribution >= 4 is 0 Å². The molecule has 1 aromatic carbocycles. The SMILES string of the molecule is CCCCCCCCCCOc1ccc(C(N)CCO)cc1OCCCCCCCCCC. The summed E-state index contributed by atoms with van der Waals surface area (Å²) in [6.45, 7) is 6.05. The van der Waals surface area contributed by atoms with Crippen molar-refractivity contribution in [3.63, 3.8) is 0 Å². The smallest absolute Gasteiger partial charge is 0.161 e. The Balaban J connectivity index is 2.40. The normalized spacial score (nSPS) is 12.1. The molecule has 0 aliphatic carbocycles. The summed E-state index contributed by atoms with van der Waals surface area (Å²) >= 11 is 0.